The van der Waals surface area contributed by atoms with Crippen molar-refractivity contribution in [3.8, 4) is 0 Å². The summed E-state index contributed by atoms with van der Waals surface area (Å²) in [6, 6.07) is 8.50. The number of nitrogens with zero attached hydrogens (tertiary/aromatic N) is 3. The molecule has 0 fully saturated rings. The number of benzene rings is 1. The molecule has 4 rings (SSSR count). The Morgan fingerprint density at radius 3 is 2.68 bits per heavy atom. The van der Waals surface area contributed by atoms with Crippen LogP contribution in [-0.2, 0) is 6.42 Å². The molecule has 2 heterocycles. The highest BCUT2D eigenvalue weighted by atomic mass is 15.1. The van der Waals surface area contributed by atoms with Crippen molar-refractivity contribution in [3.05, 3.63) is 60.0 Å². The fourth-order valence-corrected chi connectivity index (χ4v) is 3.33. The van der Waals surface area contributed by atoms with Gasteiger partial charge in [-0.2, -0.15) is 0 Å². The van der Waals surface area contributed by atoms with Gasteiger partial charge >= 0.3 is 0 Å². The number of aromatic nitrogens is 2. The second-order valence-corrected chi connectivity index (χ2v) is 7.82. The fraction of sp³-hybridized carbons (Fsp3) is 0.381. The molecule has 0 radical (unpaired) electrons. The Balaban J connectivity index is 1.43. The molecule has 128 valence electrons. The van der Waals surface area contributed by atoms with Crippen molar-refractivity contribution in [1.29, 1.82) is 0 Å². The van der Waals surface area contributed by atoms with E-state index in [0.717, 1.165) is 35.4 Å². The van der Waals surface area contributed by atoms with E-state index in [-0.39, 0.29) is 17.5 Å². The van der Waals surface area contributed by atoms with Crippen LogP contribution in [0, 0.1) is 5.41 Å². The third-order valence-corrected chi connectivity index (χ3v) is 4.82. The molecule has 1 aliphatic heterocycles. The first-order chi connectivity index (χ1) is 12.0. The molecule has 4 nitrogen and oxygen atoms in total. The van der Waals surface area contributed by atoms with Gasteiger partial charge in [-0.1, -0.05) is 51.1 Å². The molecule has 2 aliphatic rings. The predicted molar refractivity (Wildman–Crippen MR) is 103 cm³/mol. The van der Waals surface area contributed by atoms with Gasteiger partial charge in [0, 0.05) is 12.6 Å². The van der Waals surface area contributed by atoms with Crippen molar-refractivity contribution in [2.75, 3.05) is 0 Å². The van der Waals surface area contributed by atoms with Crippen LogP contribution in [0.15, 0.2) is 59.3 Å². The second-order valence-electron chi connectivity index (χ2n) is 7.82. The average molecular weight is 332 g/mol. The van der Waals surface area contributed by atoms with Crippen LogP contribution < -0.4 is 5.32 Å². The van der Waals surface area contributed by atoms with E-state index in [1.807, 2.05) is 30.5 Å². The summed E-state index contributed by atoms with van der Waals surface area (Å²) in [6.07, 6.45) is 10.4. The van der Waals surface area contributed by atoms with Gasteiger partial charge in [-0.05, 0) is 29.5 Å². The van der Waals surface area contributed by atoms with Crippen LogP contribution in [0.3, 0.4) is 0 Å². The first-order valence-electron chi connectivity index (χ1n) is 8.93. The summed E-state index contributed by atoms with van der Waals surface area (Å²) in [4.78, 5) is 14.0. The van der Waals surface area contributed by atoms with Gasteiger partial charge in [0.1, 0.15) is 0 Å². The van der Waals surface area contributed by atoms with Crippen molar-refractivity contribution >= 4 is 16.9 Å². The maximum absolute atomic E-state index is 4.83. The number of amidine groups is 1. The molecule has 2 aromatic rings. The zero-order valence-corrected chi connectivity index (χ0v) is 15.0. The number of allylic oxidation sites excluding steroid dienone is 2. The number of fused-ring (bicyclic) bond motifs is 2. The monoisotopic (exact) mass is 332 g/mol. The first-order valence-corrected chi connectivity index (χ1v) is 8.93. The molecule has 0 saturated carbocycles. The average Bonchev–Trinajstić information content (AvgIpc) is 3.01. The molecule has 2 unspecified atom stereocenters. The lowest BCUT2D eigenvalue weighted by Gasteiger charge is -2.26. The Bertz CT molecular complexity index is 886. The number of rotatable bonds is 3. The molecule has 1 N–H and O–H groups in total. The Labute approximate surface area is 148 Å². The highest BCUT2D eigenvalue weighted by molar-refractivity contribution is 5.85. The van der Waals surface area contributed by atoms with Crippen molar-refractivity contribution in [1.82, 2.24) is 15.3 Å². The zero-order valence-electron chi connectivity index (χ0n) is 15.0. The lowest BCUT2D eigenvalue weighted by atomic mass is 9.82. The molecule has 4 heteroatoms. The predicted octanol–water partition coefficient (Wildman–Crippen LogP) is 3.84. The SMILES string of the molecule is CC(C)(C)C1=CC2NC(CCc3cnc4ccccc4n3)=NC2C=C1. The quantitative estimate of drug-likeness (QED) is 0.929. The van der Waals surface area contributed by atoms with Gasteiger partial charge in [0.25, 0.3) is 0 Å². The van der Waals surface area contributed by atoms with E-state index < -0.39 is 0 Å². The third-order valence-electron chi connectivity index (χ3n) is 4.82. The number of aliphatic imine (C=N–C) groups is 1. The summed E-state index contributed by atoms with van der Waals surface area (Å²) in [6.45, 7) is 6.75. The van der Waals surface area contributed by atoms with Crippen LogP contribution in [0.2, 0.25) is 0 Å². The van der Waals surface area contributed by atoms with Crippen LogP contribution in [0.25, 0.3) is 11.0 Å². The highest BCUT2D eigenvalue weighted by Crippen LogP contribution is 2.31. The topological polar surface area (TPSA) is 50.2 Å². The van der Waals surface area contributed by atoms with Gasteiger partial charge in [0.2, 0.25) is 0 Å². The number of nitrogens with one attached hydrogen (secondary N) is 1. The van der Waals surface area contributed by atoms with Gasteiger partial charge in [-0.25, -0.2) is 4.98 Å². The molecule has 1 aliphatic carbocycles. The molecule has 25 heavy (non-hydrogen) atoms. The van der Waals surface area contributed by atoms with E-state index in [2.05, 4.69) is 49.3 Å². The van der Waals surface area contributed by atoms with Gasteiger partial charge in [0.15, 0.2) is 0 Å². The molecule has 2 atom stereocenters. The van der Waals surface area contributed by atoms with E-state index >= 15 is 0 Å². The minimum atomic E-state index is 0.173. The fourth-order valence-electron chi connectivity index (χ4n) is 3.33. The Morgan fingerprint density at radius 2 is 1.88 bits per heavy atom. The third kappa shape index (κ3) is 3.34. The molecular weight excluding hydrogens is 308 g/mol. The largest absolute Gasteiger partial charge is 0.365 e. The minimum Gasteiger partial charge on any atom is -0.365 e. The number of aryl methyl sites for hydroxylation is 1. The second kappa shape index (κ2) is 6.10. The van der Waals surface area contributed by atoms with E-state index in [4.69, 9.17) is 9.98 Å². The molecule has 1 aromatic heterocycles. The lowest BCUT2D eigenvalue weighted by Crippen LogP contribution is -2.34. The summed E-state index contributed by atoms with van der Waals surface area (Å²) in [5.74, 6) is 1.07. The maximum Gasteiger partial charge on any atom is 0.0980 e. The maximum atomic E-state index is 4.83. The summed E-state index contributed by atoms with van der Waals surface area (Å²) in [7, 11) is 0. The van der Waals surface area contributed by atoms with Crippen molar-refractivity contribution in [2.24, 2.45) is 10.4 Å². The summed E-state index contributed by atoms with van der Waals surface area (Å²) >= 11 is 0. The number of para-hydroxylation sites is 2. The molecule has 0 bridgehead atoms. The molecule has 0 spiro atoms. The number of hydrogen-bond donors (Lipinski definition) is 1. The summed E-state index contributed by atoms with van der Waals surface area (Å²) in [5.41, 5.74) is 4.46. The van der Waals surface area contributed by atoms with Crippen molar-refractivity contribution in [2.45, 2.75) is 45.7 Å². The summed E-state index contributed by atoms with van der Waals surface area (Å²) in [5, 5.41) is 3.58. The lowest BCUT2D eigenvalue weighted by molar-refractivity contribution is 0.504. The Morgan fingerprint density at radius 1 is 1.08 bits per heavy atom. The zero-order chi connectivity index (χ0) is 17.4. The van der Waals surface area contributed by atoms with Gasteiger partial charge in [0.05, 0.1) is 34.6 Å². The van der Waals surface area contributed by atoms with Crippen molar-refractivity contribution in [3.63, 3.8) is 0 Å². The van der Waals surface area contributed by atoms with Gasteiger partial charge in [-0.3, -0.25) is 9.98 Å². The first kappa shape index (κ1) is 16.0. The van der Waals surface area contributed by atoms with E-state index in [9.17, 15) is 0 Å². The van der Waals surface area contributed by atoms with Gasteiger partial charge < -0.3 is 5.32 Å². The molecule has 0 saturated heterocycles. The summed E-state index contributed by atoms with van der Waals surface area (Å²) < 4.78 is 0. The van der Waals surface area contributed by atoms with E-state index in [1.54, 1.807) is 0 Å². The minimum absolute atomic E-state index is 0.173. The van der Waals surface area contributed by atoms with Gasteiger partial charge in [-0.15, -0.1) is 0 Å². The normalized spacial score (nSPS) is 22.4. The highest BCUT2D eigenvalue weighted by Gasteiger charge is 2.29. The van der Waals surface area contributed by atoms with E-state index in [1.165, 1.54) is 5.57 Å². The smallest absolute Gasteiger partial charge is 0.0980 e. The van der Waals surface area contributed by atoms with Crippen LogP contribution in [-0.4, -0.2) is 27.9 Å². The van der Waals surface area contributed by atoms with E-state index in [0.29, 0.717) is 0 Å². The Hall–Kier alpha value is -2.49. The molecule has 0 amide bonds. The van der Waals surface area contributed by atoms with Crippen LogP contribution in [0.4, 0.5) is 0 Å². The van der Waals surface area contributed by atoms with Crippen LogP contribution in [0.1, 0.15) is 32.9 Å². The molecular formula is C21H24N4. The number of hydrogen-bond acceptors (Lipinski definition) is 4. The standard InChI is InChI=1S/C21H24N4/c1-21(2,3)14-8-10-18-19(12-14)25-20(24-18)11-9-15-13-22-16-6-4-5-7-17(16)23-15/h4-8,10,12-13,18-19H,9,11H2,1-3H3,(H,24,25). The Kier molecular flexibility index (Phi) is 3.91. The van der Waals surface area contributed by atoms with Crippen molar-refractivity contribution < 1.29 is 0 Å². The van der Waals surface area contributed by atoms with Crippen LogP contribution >= 0.6 is 0 Å². The van der Waals surface area contributed by atoms with Crippen LogP contribution in [0.5, 0.6) is 0 Å². The molecule has 1 aromatic carbocycles.